The molecular weight excluding hydrogens is 478 g/mol. The van der Waals surface area contributed by atoms with Crippen molar-refractivity contribution in [3.05, 3.63) is 52.9 Å². The van der Waals surface area contributed by atoms with E-state index in [0.29, 0.717) is 24.9 Å². The van der Waals surface area contributed by atoms with Crippen molar-refractivity contribution < 1.29 is 14.6 Å². The first-order valence-electron chi connectivity index (χ1n) is 12.7. The van der Waals surface area contributed by atoms with Crippen molar-refractivity contribution in [2.45, 2.75) is 49.7 Å². The van der Waals surface area contributed by atoms with E-state index in [2.05, 4.69) is 33.3 Å². The maximum absolute atomic E-state index is 12.8. The van der Waals surface area contributed by atoms with Crippen LogP contribution in [0.1, 0.15) is 49.3 Å². The van der Waals surface area contributed by atoms with Crippen LogP contribution in [0.5, 0.6) is 0 Å². The maximum atomic E-state index is 12.8. The Morgan fingerprint density at radius 3 is 2.75 bits per heavy atom. The Labute approximate surface area is 215 Å². The van der Waals surface area contributed by atoms with Crippen molar-refractivity contribution in [3.63, 3.8) is 0 Å². The van der Waals surface area contributed by atoms with Gasteiger partial charge in [0.05, 0.1) is 30.6 Å². The number of piperidine rings is 1. The van der Waals surface area contributed by atoms with Crippen molar-refractivity contribution in [2.24, 2.45) is 13.0 Å². The summed E-state index contributed by atoms with van der Waals surface area (Å²) in [6, 6.07) is 8.04. The summed E-state index contributed by atoms with van der Waals surface area (Å²) in [6.07, 6.45) is 5.99. The molecule has 1 aliphatic carbocycles. The third-order valence-electron chi connectivity index (χ3n) is 8.37. The molecule has 3 aliphatic rings. The minimum Gasteiger partial charge on any atom is -0.389 e. The number of pyridine rings is 1. The molecule has 1 saturated carbocycles. The highest BCUT2D eigenvalue weighted by molar-refractivity contribution is 6.32. The third kappa shape index (κ3) is 4.30. The second-order valence-corrected chi connectivity index (χ2v) is 11.2. The van der Waals surface area contributed by atoms with E-state index in [1.165, 1.54) is 0 Å². The molecule has 9 heteroatoms. The number of fused-ring (bicyclic) bond motifs is 1. The molecule has 2 aromatic heterocycles. The second-order valence-electron chi connectivity index (χ2n) is 10.8. The average Bonchev–Trinajstić information content (AvgIpc) is 3.44. The Hall–Kier alpha value is -2.52. The number of aliphatic hydroxyl groups is 1. The molecule has 1 aromatic carbocycles. The monoisotopic (exact) mass is 509 g/mol. The molecule has 1 amide bonds. The lowest BCUT2D eigenvalue weighted by atomic mass is 9.85. The summed E-state index contributed by atoms with van der Waals surface area (Å²) in [4.78, 5) is 19.6. The second kappa shape index (κ2) is 9.10. The number of benzene rings is 1. The van der Waals surface area contributed by atoms with Gasteiger partial charge in [-0.25, -0.2) is 4.98 Å². The highest BCUT2D eigenvalue weighted by Gasteiger charge is 2.46. The van der Waals surface area contributed by atoms with Crippen LogP contribution in [0.15, 0.2) is 36.7 Å². The minimum atomic E-state index is -0.450. The maximum Gasteiger partial charge on any atom is 0.229 e. The molecule has 3 aromatic rings. The van der Waals surface area contributed by atoms with Crippen LogP contribution >= 0.6 is 11.6 Å². The lowest BCUT2D eigenvalue weighted by Gasteiger charge is -2.43. The first-order valence-corrected chi connectivity index (χ1v) is 13.1. The molecule has 0 spiro atoms. The molecule has 190 valence electrons. The number of aliphatic hydroxyl groups excluding tert-OH is 1. The molecule has 8 nitrogen and oxygen atoms in total. The van der Waals surface area contributed by atoms with Gasteiger partial charge in [-0.1, -0.05) is 11.6 Å². The van der Waals surface area contributed by atoms with E-state index in [-0.39, 0.29) is 23.3 Å². The fraction of sp³-hybridized carbons (Fsp3) is 0.519. The van der Waals surface area contributed by atoms with Crippen LogP contribution in [0, 0.1) is 5.92 Å². The smallest absolute Gasteiger partial charge is 0.229 e. The van der Waals surface area contributed by atoms with E-state index in [0.717, 1.165) is 59.4 Å². The number of hydrogen-bond acceptors (Lipinski definition) is 6. The highest BCUT2D eigenvalue weighted by Crippen LogP contribution is 2.47. The van der Waals surface area contributed by atoms with Gasteiger partial charge in [0.25, 0.3) is 0 Å². The lowest BCUT2D eigenvalue weighted by molar-refractivity contribution is -0.117. The predicted octanol–water partition coefficient (Wildman–Crippen LogP) is 3.69. The third-order valence-corrected chi connectivity index (χ3v) is 8.70. The first-order chi connectivity index (χ1) is 17.3. The van der Waals surface area contributed by atoms with E-state index in [4.69, 9.17) is 16.3 Å². The summed E-state index contributed by atoms with van der Waals surface area (Å²) in [7, 11) is 1.89. The molecule has 36 heavy (non-hydrogen) atoms. The van der Waals surface area contributed by atoms with E-state index in [9.17, 15) is 9.90 Å². The number of likely N-dealkylation sites (tertiary alicyclic amines) is 1. The van der Waals surface area contributed by atoms with Crippen LogP contribution in [0.2, 0.25) is 5.02 Å². The molecule has 2 N–H and O–H groups in total. The number of rotatable bonds is 5. The zero-order valence-electron chi connectivity index (χ0n) is 20.7. The Kier molecular flexibility index (Phi) is 6.03. The standard InChI is InChI=1S/C27H32ClN5O3/c1-27(15-36-14-24(27)34)33-7-3-16(4-8-33)19-9-17-11-25(29-13-18(17)10-22(19)28)30-26(35)21-12-20(21)23-5-6-32(2)31-23/h5-6,9-11,13,16,20-21,24,34H,3-4,7-8,12,14-15H2,1-2H3,(H,29,30,35)/t20?,21?,24-,27+/m0/s1. The zero-order chi connectivity index (χ0) is 25.0. The molecule has 4 heterocycles. The largest absolute Gasteiger partial charge is 0.389 e. The number of aryl methyl sites for hydroxylation is 1. The fourth-order valence-corrected chi connectivity index (χ4v) is 6.21. The van der Waals surface area contributed by atoms with E-state index in [1.807, 2.05) is 31.4 Å². The molecule has 2 saturated heterocycles. The SMILES string of the molecule is Cn1ccc(C2CC2C(=O)Nc2cc3cc(C4CCN([C@]5(C)COC[C@@H]5O)CC4)c(Cl)cc3cn2)n1. The Morgan fingerprint density at radius 2 is 2.06 bits per heavy atom. The van der Waals surface area contributed by atoms with Gasteiger partial charge < -0.3 is 15.2 Å². The number of nitrogens with one attached hydrogen (secondary N) is 1. The fourth-order valence-electron chi connectivity index (χ4n) is 5.88. The van der Waals surface area contributed by atoms with Crippen molar-refractivity contribution in [3.8, 4) is 0 Å². The minimum absolute atomic E-state index is 0.00867. The Balaban J connectivity index is 1.15. The molecule has 0 bridgehead atoms. The molecular formula is C27H32ClN5O3. The number of anilines is 1. The van der Waals surface area contributed by atoms with Gasteiger partial charge in [-0.2, -0.15) is 5.10 Å². The van der Waals surface area contributed by atoms with Crippen LogP contribution in [0.4, 0.5) is 5.82 Å². The van der Waals surface area contributed by atoms with Gasteiger partial charge in [-0.15, -0.1) is 0 Å². The van der Waals surface area contributed by atoms with Crippen molar-refractivity contribution in [1.82, 2.24) is 19.7 Å². The number of amides is 1. The highest BCUT2D eigenvalue weighted by atomic mass is 35.5. The van der Waals surface area contributed by atoms with Crippen LogP contribution in [0.3, 0.4) is 0 Å². The molecule has 2 unspecified atom stereocenters. The van der Waals surface area contributed by atoms with Gasteiger partial charge in [-0.05, 0) is 80.4 Å². The lowest BCUT2D eigenvalue weighted by Crippen LogP contribution is -2.56. The number of halogens is 1. The summed E-state index contributed by atoms with van der Waals surface area (Å²) in [5, 5.41) is 20.6. The van der Waals surface area contributed by atoms with Crippen LogP contribution in [-0.4, -0.2) is 68.6 Å². The van der Waals surface area contributed by atoms with Crippen molar-refractivity contribution in [2.75, 3.05) is 31.6 Å². The Bertz CT molecular complexity index is 1300. The summed E-state index contributed by atoms with van der Waals surface area (Å²) >= 11 is 6.72. The number of hydrogen-bond donors (Lipinski definition) is 2. The van der Waals surface area contributed by atoms with Crippen molar-refractivity contribution in [1.29, 1.82) is 0 Å². The summed E-state index contributed by atoms with van der Waals surface area (Å²) < 4.78 is 7.31. The van der Waals surface area contributed by atoms with Gasteiger partial charge in [0.1, 0.15) is 5.82 Å². The summed E-state index contributed by atoms with van der Waals surface area (Å²) in [6.45, 7) is 4.86. The first kappa shape index (κ1) is 23.9. The Morgan fingerprint density at radius 1 is 1.25 bits per heavy atom. The van der Waals surface area contributed by atoms with Crippen LogP contribution < -0.4 is 5.32 Å². The van der Waals surface area contributed by atoms with Gasteiger partial charge in [0.2, 0.25) is 5.91 Å². The zero-order valence-corrected chi connectivity index (χ0v) is 21.4. The molecule has 4 atom stereocenters. The van der Waals surface area contributed by atoms with E-state index >= 15 is 0 Å². The number of nitrogens with zero attached hydrogens (tertiary/aromatic N) is 4. The number of ether oxygens (including phenoxy) is 1. The van der Waals surface area contributed by atoms with Gasteiger partial charge in [0, 0.05) is 41.7 Å². The van der Waals surface area contributed by atoms with Gasteiger partial charge in [-0.3, -0.25) is 14.4 Å². The average molecular weight is 510 g/mol. The number of carbonyl (C=O) groups excluding carboxylic acids is 1. The topological polar surface area (TPSA) is 92.5 Å². The van der Waals surface area contributed by atoms with Gasteiger partial charge >= 0.3 is 0 Å². The van der Waals surface area contributed by atoms with Crippen LogP contribution in [-0.2, 0) is 16.6 Å². The number of aromatic nitrogens is 3. The van der Waals surface area contributed by atoms with Gasteiger partial charge in [0.15, 0.2) is 0 Å². The van der Waals surface area contributed by atoms with Crippen LogP contribution in [0.25, 0.3) is 10.8 Å². The summed E-state index contributed by atoms with van der Waals surface area (Å²) in [5.41, 5.74) is 1.80. The molecule has 2 aliphatic heterocycles. The van der Waals surface area contributed by atoms with E-state index in [1.54, 1.807) is 10.9 Å². The normalized spacial score (nSPS) is 29.1. The quantitative estimate of drug-likeness (QED) is 0.545. The van der Waals surface area contributed by atoms with Crippen molar-refractivity contribution >= 4 is 34.1 Å². The van der Waals surface area contributed by atoms with E-state index < -0.39 is 6.10 Å². The summed E-state index contributed by atoms with van der Waals surface area (Å²) in [5.74, 6) is 1.02. The number of carbonyl (C=O) groups is 1. The molecule has 0 radical (unpaired) electrons. The predicted molar refractivity (Wildman–Crippen MR) is 138 cm³/mol. The molecule has 6 rings (SSSR count). The molecule has 3 fully saturated rings.